The summed E-state index contributed by atoms with van der Waals surface area (Å²) in [5, 5.41) is 10.5. The van der Waals surface area contributed by atoms with Gasteiger partial charge in [0.1, 0.15) is 0 Å². The maximum atomic E-state index is 9.81. The van der Waals surface area contributed by atoms with Gasteiger partial charge in [-0.1, -0.05) is 17.7 Å². The van der Waals surface area contributed by atoms with E-state index in [0.29, 0.717) is 9.79 Å². The molecule has 0 unspecified atom stereocenters. The van der Waals surface area contributed by atoms with E-state index < -0.39 is 0 Å². The van der Waals surface area contributed by atoms with Crippen LogP contribution in [-0.2, 0) is 7.05 Å². The predicted molar refractivity (Wildman–Crippen MR) is 67.0 cm³/mol. The van der Waals surface area contributed by atoms with E-state index in [-0.39, 0.29) is 5.88 Å². The molecule has 0 saturated carbocycles. The van der Waals surface area contributed by atoms with Crippen molar-refractivity contribution in [1.82, 2.24) is 9.13 Å². The standard InChI is InChI=1S/C11H11ClN2OS/c1-7-8(12)4-3-5-9(7)14-10(15)6-13(2)11(14)16/h3-6,15H,1-2H3. The van der Waals surface area contributed by atoms with Gasteiger partial charge in [-0.15, -0.1) is 0 Å². The Morgan fingerprint density at radius 2 is 2.06 bits per heavy atom. The monoisotopic (exact) mass is 254 g/mol. The van der Waals surface area contributed by atoms with Crippen molar-refractivity contribution in [3.05, 3.63) is 39.8 Å². The summed E-state index contributed by atoms with van der Waals surface area (Å²) >= 11 is 11.3. The molecule has 16 heavy (non-hydrogen) atoms. The highest BCUT2D eigenvalue weighted by molar-refractivity contribution is 7.71. The normalized spacial score (nSPS) is 10.7. The Labute approximate surface area is 104 Å². The number of aryl methyl sites for hydroxylation is 1. The van der Waals surface area contributed by atoms with E-state index in [9.17, 15) is 5.11 Å². The molecule has 0 atom stereocenters. The van der Waals surface area contributed by atoms with E-state index in [1.54, 1.807) is 22.4 Å². The minimum Gasteiger partial charge on any atom is -0.493 e. The van der Waals surface area contributed by atoms with Crippen LogP contribution in [0.3, 0.4) is 0 Å². The fourth-order valence-electron chi connectivity index (χ4n) is 1.61. The third-order valence-electron chi connectivity index (χ3n) is 2.51. The van der Waals surface area contributed by atoms with Crippen molar-refractivity contribution in [2.75, 3.05) is 0 Å². The number of halogens is 1. The smallest absolute Gasteiger partial charge is 0.214 e. The molecule has 1 aromatic carbocycles. The van der Waals surface area contributed by atoms with Crippen LogP contribution < -0.4 is 0 Å². The third kappa shape index (κ3) is 1.64. The number of aromatic nitrogens is 2. The lowest BCUT2D eigenvalue weighted by atomic mass is 10.2. The van der Waals surface area contributed by atoms with Crippen LogP contribution in [-0.4, -0.2) is 14.2 Å². The molecular weight excluding hydrogens is 244 g/mol. The van der Waals surface area contributed by atoms with Crippen LogP contribution in [0.4, 0.5) is 0 Å². The van der Waals surface area contributed by atoms with E-state index in [2.05, 4.69) is 0 Å². The van der Waals surface area contributed by atoms with Gasteiger partial charge in [-0.3, -0.25) is 4.57 Å². The van der Waals surface area contributed by atoms with Gasteiger partial charge >= 0.3 is 0 Å². The van der Waals surface area contributed by atoms with Crippen molar-refractivity contribution >= 4 is 23.8 Å². The van der Waals surface area contributed by atoms with Gasteiger partial charge in [0.15, 0.2) is 4.77 Å². The summed E-state index contributed by atoms with van der Waals surface area (Å²) in [7, 11) is 1.79. The number of benzene rings is 1. The highest BCUT2D eigenvalue weighted by Gasteiger charge is 2.10. The van der Waals surface area contributed by atoms with Crippen molar-refractivity contribution < 1.29 is 5.11 Å². The largest absolute Gasteiger partial charge is 0.493 e. The van der Waals surface area contributed by atoms with Crippen LogP contribution in [0.15, 0.2) is 24.4 Å². The first-order valence-corrected chi connectivity index (χ1v) is 5.54. The van der Waals surface area contributed by atoms with Crippen LogP contribution >= 0.6 is 23.8 Å². The van der Waals surface area contributed by atoms with Crippen LogP contribution in [0.1, 0.15) is 5.56 Å². The van der Waals surface area contributed by atoms with E-state index in [0.717, 1.165) is 11.3 Å². The lowest BCUT2D eigenvalue weighted by Gasteiger charge is -2.09. The second kappa shape index (κ2) is 3.96. The first-order chi connectivity index (χ1) is 7.52. The SMILES string of the molecule is Cc1c(Cl)cccc1-n1c(O)cn(C)c1=S. The van der Waals surface area contributed by atoms with Gasteiger partial charge < -0.3 is 9.67 Å². The van der Waals surface area contributed by atoms with Crippen LogP contribution in [0.25, 0.3) is 5.69 Å². The van der Waals surface area contributed by atoms with Crippen LogP contribution in [0.5, 0.6) is 5.88 Å². The molecule has 1 N–H and O–H groups in total. The Balaban J connectivity index is 2.78. The van der Waals surface area contributed by atoms with Gasteiger partial charge in [-0.2, -0.15) is 0 Å². The molecule has 3 nitrogen and oxygen atoms in total. The molecule has 0 amide bonds. The van der Waals surface area contributed by atoms with Gasteiger partial charge in [0.25, 0.3) is 0 Å². The maximum Gasteiger partial charge on any atom is 0.214 e. The molecule has 0 radical (unpaired) electrons. The molecule has 1 aromatic heterocycles. The minimum absolute atomic E-state index is 0.109. The number of nitrogens with zero attached hydrogens (tertiary/aromatic N) is 2. The zero-order valence-corrected chi connectivity index (χ0v) is 10.5. The van der Waals surface area contributed by atoms with Crippen molar-refractivity contribution in [2.24, 2.45) is 7.05 Å². The van der Waals surface area contributed by atoms with E-state index in [4.69, 9.17) is 23.8 Å². The molecule has 2 aromatic rings. The Kier molecular flexibility index (Phi) is 2.78. The Hall–Kier alpha value is -1.26. The first kappa shape index (κ1) is 11.2. The number of rotatable bonds is 1. The highest BCUT2D eigenvalue weighted by Crippen LogP contribution is 2.26. The highest BCUT2D eigenvalue weighted by atomic mass is 35.5. The zero-order valence-electron chi connectivity index (χ0n) is 8.94. The summed E-state index contributed by atoms with van der Waals surface area (Å²) in [6.07, 6.45) is 1.57. The molecule has 0 aliphatic heterocycles. The molecule has 0 bridgehead atoms. The maximum absolute atomic E-state index is 9.81. The molecule has 2 rings (SSSR count). The summed E-state index contributed by atoms with van der Waals surface area (Å²) in [4.78, 5) is 0. The van der Waals surface area contributed by atoms with Crippen molar-refractivity contribution in [1.29, 1.82) is 0 Å². The van der Waals surface area contributed by atoms with Crippen molar-refractivity contribution in [2.45, 2.75) is 6.92 Å². The zero-order chi connectivity index (χ0) is 11.9. The van der Waals surface area contributed by atoms with Crippen LogP contribution in [0, 0.1) is 11.7 Å². The molecule has 5 heteroatoms. The van der Waals surface area contributed by atoms with E-state index in [1.807, 2.05) is 25.1 Å². The summed E-state index contributed by atoms with van der Waals surface area (Å²) in [5.74, 6) is 0.109. The Bertz CT molecular complexity index is 601. The van der Waals surface area contributed by atoms with Crippen LogP contribution in [0.2, 0.25) is 5.02 Å². The van der Waals surface area contributed by atoms with E-state index in [1.165, 1.54) is 0 Å². The topological polar surface area (TPSA) is 30.1 Å². The van der Waals surface area contributed by atoms with Gasteiger partial charge in [-0.25, -0.2) is 0 Å². The second-order valence-electron chi connectivity index (χ2n) is 3.60. The summed E-state index contributed by atoms with van der Waals surface area (Å²) < 4.78 is 3.81. The van der Waals surface area contributed by atoms with Gasteiger partial charge in [-0.05, 0) is 36.8 Å². The predicted octanol–water partition coefficient (Wildman–Crippen LogP) is 3.21. The summed E-state index contributed by atoms with van der Waals surface area (Å²) in [6.45, 7) is 1.89. The quantitative estimate of drug-likeness (QED) is 0.792. The van der Waals surface area contributed by atoms with Crippen molar-refractivity contribution in [3.63, 3.8) is 0 Å². The fraction of sp³-hybridized carbons (Fsp3) is 0.182. The second-order valence-corrected chi connectivity index (χ2v) is 4.37. The average molecular weight is 255 g/mol. The van der Waals surface area contributed by atoms with Gasteiger partial charge in [0.05, 0.1) is 11.9 Å². The molecule has 0 aliphatic carbocycles. The molecule has 84 valence electrons. The van der Waals surface area contributed by atoms with Gasteiger partial charge in [0.2, 0.25) is 5.88 Å². The Morgan fingerprint density at radius 3 is 2.62 bits per heavy atom. The fourth-order valence-corrected chi connectivity index (χ4v) is 2.02. The third-order valence-corrected chi connectivity index (χ3v) is 3.39. The van der Waals surface area contributed by atoms with E-state index >= 15 is 0 Å². The molecule has 0 fully saturated rings. The lowest BCUT2D eigenvalue weighted by Crippen LogP contribution is -1.98. The summed E-state index contributed by atoms with van der Waals surface area (Å²) in [6, 6.07) is 5.51. The number of hydrogen-bond donors (Lipinski definition) is 1. The minimum atomic E-state index is 0.109. The molecule has 0 spiro atoms. The molecular formula is C11H11ClN2OS. The van der Waals surface area contributed by atoms with Crippen molar-refractivity contribution in [3.8, 4) is 11.6 Å². The summed E-state index contributed by atoms with van der Waals surface area (Å²) in [5.41, 5.74) is 1.69. The number of imidazole rings is 1. The van der Waals surface area contributed by atoms with Gasteiger partial charge in [0, 0.05) is 12.1 Å². The molecule has 1 heterocycles. The molecule has 0 aliphatic rings. The lowest BCUT2D eigenvalue weighted by molar-refractivity contribution is 0.441. The first-order valence-electron chi connectivity index (χ1n) is 4.75. The number of aromatic hydroxyl groups is 1. The molecule has 0 saturated heterocycles. The Morgan fingerprint density at radius 1 is 1.38 bits per heavy atom. The average Bonchev–Trinajstić information content (AvgIpc) is 2.47. The number of hydrogen-bond acceptors (Lipinski definition) is 2.